The molecule has 1 amide bonds. The number of aryl methyl sites for hydroxylation is 2. The number of hydrogen-bond donors (Lipinski definition) is 1. The largest absolute Gasteiger partial charge is 0.341 e. The third kappa shape index (κ3) is 4.20. The van der Waals surface area contributed by atoms with Gasteiger partial charge in [-0.05, 0) is 37.1 Å². The first-order valence-electron chi connectivity index (χ1n) is 8.63. The molecule has 0 aliphatic heterocycles. The smallest absolute Gasteiger partial charge is 0.272 e. The molecule has 1 atom stereocenters. The zero-order valence-corrected chi connectivity index (χ0v) is 15.2. The summed E-state index contributed by atoms with van der Waals surface area (Å²) in [6, 6.07) is 21.8. The Hall–Kier alpha value is -3.47. The lowest BCUT2D eigenvalue weighted by Crippen LogP contribution is -2.29. The predicted octanol–water partition coefficient (Wildman–Crippen LogP) is 4.73. The molecule has 0 aromatic heterocycles. The summed E-state index contributed by atoms with van der Waals surface area (Å²) in [7, 11) is 0. The Bertz CT molecular complexity index is 967. The van der Waals surface area contributed by atoms with Crippen LogP contribution in [0.25, 0.3) is 0 Å². The van der Waals surface area contributed by atoms with Gasteiger partial charge in [0.05, 0.1) is 11.0 Å². The van der Waals surface area contributed by atoms with Gasteiger partial charge in [-0.3, -0.25) is 14.9 Å². The van der Waals surface area contributed by atoms with E-state index in [0.717, 1.165) is 16.7 Å². The molecule has 0 spiro atoms. The third-order valence-corrected chi connectivity index (χ3v) is 4.47. The van der Waals surface area contributed by atoms with Gasteiger partial charge in [0.1, 0.15) is 0 Å². The lowest BCUT2D eigenvalue weighted by Gasteiger charge is -2.20. The fourth-order valence-corrected chi connectivity index (χ4v) is 2.98. The summed E-state index contributed by atoms with van der Waals surface area (Å²) in [5.74, 6) is -0.276. The number of amides is 1. The molecule has 0 aliphatic rings. The second kappa shape index (κ2) is 7.83. The minimum Gasteiger partial charge on any atom is -0.341 e. The summed E-state index contributed by atoms with van der Waals surface area (Å²) in [4.78, 5) is 23.4. The van der Waals surface area contributed by atoms with Crippen LogP contribution in [0.5, 0.6) is 0 Å². The van der Waals surface area contributed by atoms with E-state index in [9.17, 15) is 14.9 Å². The number of nitrogens with zero attached hydrogens (tertiary/aromatic N) is 1. The summed E-state index contributed by atoms with van der Waals surface area (Å²) < 4.78 is 0. The van der Waals surface area contributed by atoms with Crippen LogP contribution in [0.2, 0.25) is 0 Å². The molecule has 5 heteroatoms. The lowest BCUT2D eigenvalue weighted by atomic mass is 9.97. The van der Waals surface area contributed by atoms with Gasteiger partial charge in [-0.1, -0.05) is 60.2 Å². The fourth-order valence-electron chi connectivity index (χ4n) is 2.98. The van der Waals surface area contributed by atoms with Crippen LogP contribution in [0.3, 0.4) is 0 Å². The number of nitrogens with one attached hydrogen (secondary N) is 1. The molecule has 0 aliphatic carbocycles. The first-order chi connectivity index (χ1) is 13.0. The standard InChI is InChI=1S/C22H20N2O3/c1-15-8-10-18(11-9-15)21(17-6-4-3-5-7-17)23-22(25)19-12-13-20(24(26)27)16(2)14-19/h3-14,21H,1-2H3,(H,23,25)/t21-/m1/s1. The van der Waals surface area contributed by atoms with Gasteiger partial charge in [-0.25, -0.2) is 0 Å². The van der Waals surface area contributed by atoms with Gasteiger partial charge in [-0.15, -0.1) is 0 Å². The fraction of sp³-hybridized carbons (Fsp3) is 0.136. The van der Waals surface area contributed by atoms with Crippen LogP contribution >= 0.6 is 0 Å². The maximum atomic E-state index is 12.8. The highest BCUT2D eigenvalue weighted by molar-refractivity contribution is 5.95. The van der Waals surface area contributed by atoms with Crippen molar-refractivity contribution >= 4 is 11.6 Å². The monoisotopic (exact) mass is 360 g/mol. The third-order valence-electron chi connectivity index (χ3n) is 4.47. The van der Waals surface area contributed by atoms with E-state index in [4.69, 9.17) is 0 Å². The average Bonchev–Trinajstić information content (AvgIpc) is 2.67. The summed E-state index contributed by atoms with van der Waals surface area (Å²) in [6.07, 6.45) is 0. The van der Waals surface area contributed by atoms with Gasteiger partial charge < -0.3 is 5.32 Å². The second-order valence-electron chi connectivity index (χ2n) is 6.49. The zero-order valence-electron chi connectivity index (χ0n) is 15.2. The van der Waals surface area contributed by atoms with E-state index < -0.39 is 4.92 Å². The van der Waals surface area contributed by atoms with Crippen molar-refractivity contribution in [3.05, 3.63) is 111 Å². The molecule has 0 saturated carbocycles. The van der Waals surface area contributed by atoms with Crippen molar-refractivity contribution < 1.29 is 9.72 Å². The summed E-state index contributed by atoms with van der Waals surface area (Å²) in [5.41, 5.74) is 3.94. The van der Waals surface area contributed by atoms with Gasteiger partial charge in [0.15, 0.2) is 0 Å². The van der Waals surface area contributed by atoms with Gasteiger partial charge in [0, 0.05) is 17.2 Å². The summed E-state index contributed by atoms with van der Waals surface area (Å²) >= 11 is 0. The lowest BCUT2D eigenvalue weighted by molar-refractivity contribution is -0.385. The highest BCUT2D eigenvalue weighted by atomic mass is 16.6. The molecule has 0 heterocycles. The van der Waals surface area contributed by atoms with Crippen LogP contribution in [-0.4, -0.2) is 10.8 Å². The summed E-state index contributed by atoms with van der Waals surface area (Å²) in [6.45, 7) is 3.64. The molecular weight excluding hydrogens is 340 g/mol. The van der Waals surface area contributed by atoms with Crippen molar-refractivity contribution in [3.63, 3.8) is 0 Å². The number of rotatable bonds is 5. The summed E-state index contributed by atoms with van der Waals surface area (Å²) in [5, 5.41) is 14.0. The highest BCUT2D eigenvalue weighted by Crippen LogP contribution is 2.24. The van der Waals surface area contributed by atoms with Gasteiger partial charge in [0.2, 0.25) is 0 Å². The van der Waals surface area contributed by atoms with Gasteiger partial charge in [0.25, 0.3) is 11.6 Å². The number of carbonyl (C=O) groups excluding carboxylic acids is 1. The van der Waals surface area contributed by atoms with Crippen LogP contribution in [0.15, 0.2) is 72.8 Å². The number of nitro groups is 1. The predicted molar refractivity (Wildman–Crippen MR) is 105 cm³/mol. The van der Waals surface area contributed by atoms with Gasteiger partial charge >= 0.3 is 0 Å². The minimum atomic E-state index is -0.448. The van der Waals surface area contributed by atoms with Crippen molar-refractivity contribution in [3.8, 4) is 0 Å². The van der Waals surface area contributed by atoms with Crippen molar-refractivity contribution in [1.29, 1.82) is 0 Å². The number of nitro benzene ring substituents is 1. The molecule has 0 fully saturated rings. The molecule has 3 rings (SSSR count). The molecule has 0 unspecified atom stereocenters. The molecule has 0 bridgehead atoms. The molecule has 136 valence electrons. The number of benzene rings is 3. The molecule has 3 aromatic rings. The Kier molecular flexibility index (Phi) is 5.31. The Balaban J connectivity index is 1.92. The molecule has 27 heavy (non-hydrogen) atoms. The Morgan fingerprint density at radius 3 is 2.15 bits per heavy atom. The highest BCUT2D eigenvalue weighted by Gasteiger charge is 2.19. The van der Waals surface area contributed by atoms with E-state index in [-0.39, 0.29) is 17.6 Å². The van der Waals surface area contributed by atoms with E-state index in [1.807, 2.05) is 61.5 Å². The van der Waals surface area contributed by atoms with Crippen LogP contribution < -0.4 is 5.32 Å². The zero-order chi connectivity index (χ0) is 19.4. The van der Waals surface area contributed by atoms with Crippen molar-refractivity contribution in [1.82, 2.24) is 5.32 Å². The van der Waals surface area contributed by atoms with Crippen LogP contribution in [0.4, 0.5) is 5.69 Å². The van der Waals surface area contributed by atoms with E-state index in [2.05, 4.69) is 5.32 Å². The first kappa shape index (κ1) is 18.3. The first-order valence-corrected chi connectivity index (χ1v) is 8.63. The van der Waals surface area contributed by atoms with E-state index in [1.165, 1.54) is 12.1 Å². The normalized spacial score (nSPS) is 11.6. The Labute approximate surface area is 157 Å². The van der Waals surface area contributed by atoms with E-state index >= 15 is 0 Å². The quantitative estimate of drug-likeness (QED) is 0.528. The topological polar surface area (TPSA) is 72.2 Å². The maximum absolute atomic E-state index is 12.8. The van der Waals surface area contributed by atoms with E-state index in [0.29, 0.717) is 11.1 Å². The van der Waals surface area contributed by atoms with E-state index in [1.54, 1.807) is 13.0 Å². The number of carbonyl (C=O) groups is 1. The SMILES string of the molecule is Cc1ccc([C@H](NC(=O)c2ccc([N+](=O)[O-])c(C)c2)c2ccccc2)cc1. The number of hydrogen-bond acceptors (Lipinski definition) is 3. The molecule has 1 N–H and O–H groups in total. The van der Waals surface area contributed by atoms with Crippen molar-refractivity contribution in [2.24, 2.45) is 0 Å². The van der Waals surface area contributed by atoms with Crippen LogP contribution in [-0.2, 0) is 0 Å². The maximum Gasteiger partial charge on any atom is 0.272 e. The average molecular weight is 360 g/mol. The van der Waals surface area contributed by atoms with Crippen LogP contribution in [0.1, 0.15) is 38.7 Å². The minimum absolute atomic E-state index is 0.00435. The Morgan fingerprint density at radius 2 is 1.56 bits per heavy atom. The second-order valence-corrected chi connectivity index (χ2v) is 6.49. The Morgan fingerprint density at radius 1 is 0.926 bits per heavy atom. The van der Waals surface area contributed by atoms with Crippen molar-refractivity contribution in [2.75, 3.05) is 0 Å². The molecular formula is C22H20N2O3. The molecule has 0 saturated heterocycles. The van der Waals surface area contributed by atoms with Crippen LogP contribution in [0, 0.1) is 24.0 Å². The van der Waals surface area contributed by atoms with Crippen molar-refractivity contribution in [2.45, 2.75) is 19.9 Å². The van der Waals surface area contributed by atoms with Gasteiger partial charge in [-0.2, -0.15) is 0 Å². The molecule has 0 radical (unpaired) electrons. The molecule has 5 nitrogen and oxygen atoms in total. The molecule has 3 aromatic carbocycles.